The zero-order valence-electron chi connectivity index (χ0n) is 10.0. The van der Waals surface area contributed by atoms with Crippen LogP contribution in [0.2, 0.25) is 0 Å². The Bertz CT molecular complexity index is 453. The largest absolute Gasteiger partial charge is 0.481 e. The lowest BCUT2D eigenvalue weighted by atomic mass is 9.92. The van der Waals surface area contributed by atoms with Gasteiger partial charge in [-0.2, -0.15) is 0 Å². The first-order chi connectivity index (χ1) is 7.94. The number of hydrogen-bond acceptors (Lipinski definition) is 2. The normalized spacial score (nSPS) is 16.6. The first-order valence-corrected chi connectivity index (χ1v) is 5.64. The topological polar surface area (TPSA) is 40.5 Å². The summed E-state index contributed by atoms with van der Waals surface area (Å²) in [5.74, 6) is -1.07. The summed E-state index contributed by atoms with van der Waals surface area (Å²) >= 11 is 0. The first-order valence-electron chi connectivity index (χ1n) is 5.64. The van der Waals surface area contributed by atoms with Gasteiger partial charge in [0.1, 0.15) is 5.82 Å². The lowest BCUT2D eigenvalue weighted by Crippen LogP contribution is -2.16. The molecule has 1 aliphatic carbocycles. The number of hydrogen-bond donors (Lipinski definition) is 1. The summed E-state index contributed by atoms with van der Waals surface area (Å²) in [6.07, 6.45) is 1.88. The van der Waals surface area contributed by atoms with Crippen molar-refractivity contribution >= 4 is 11.7 Å². The molecule has 1 N–H and O–H groups in total. The molecule has 1 fully saturated rings. The molecule has 0 heterocycles. The minimum Gasteiger partial charge on any atom is -0.481 e. The van der Waals surface area contributed by atoms with Crippen LogP contribution in [0, 0.1) is 5.82 Å². The van der Waals surface area contributed by atoms with Crippen molar-refractivity contribution in [2.75, 3.05) is 19.0 Å². The molecule has 92 valence electrons. The summed E-state index contributed by atoms with van der Waals surface area (Å²) in [5, 5.41) is 8.90. The number of benzene rings is 1. The van der Waals surface area contributed by atoms with Gasteiger partial charge in [-0.05, 0) is 30.5 Å². The van der Waals surface area contributed by atoms with Crippen molar-refractivity contribution in [3.05, 3.63) is 29.6 Å². The highest BCUT2D eigenvalue weighted by Gasteiger charge is 2.46. The van der Waals surface area contributed by atoms with E-state index in [4.69, 9.17) is 5.11 Å². The Labute approximate surface area is 99.9 Å². The number of carbonyl (C=O) groups is 1. The number of rotatable bonds is 4. The second-order valence-electron chi connectivity index (χ2n) is 4.91. The molecule has 0 amide bonds. The highest BCUT2D eigenvalue weighted by molar-refractivity contribution is 5.70. The van der Waals surface area contributed by atoms with Gasteiger partial charge in [-0.1, -0.05) is 6.07 Å². The summed E-state index contributed by atoms with van der Waals surface area (Å²) in [6.45, 7) is 0. The molecule has 0 spiro atoms. The summed E-state index contributed by atoms with van der Waals surface area (Å²) < 4.78 is 13.5. The van der Waals surface area contributed by atoms with Crippen LogP contribution in [0.3, 0.4) is 0 Å². The Morgan fingerprint density at radius 3 is 2.59 bits per heavy atom. The van der Waals surface area contributed by atoms with Crippen molar-refractivity contribution in [2.45, 2.75) is 24.7 Å². The molecular formula is C13H16FNO2. The van der Waals surface area contributed by atoms with Crippen LogP contribution in [0.4, 0.5) is 10.1 Å². The van der Waals surface area contributed by atoms with Gasteiger partial charge in [0.25, 0.3) is 0 Å². The molecule has 2 rings (SSSR count). The standard InChI is InChI=1S/C13H16FNO2/c1-15(2)11-7-9(3-4-10(11)14)13(5-6-13)8-12(16)17/h3-4,7H,5-6,8H2,1-2H3,(H,16,17). The molecule has 1 aromatic rings. The zero-order valence-corrected chi connectivity index (χ0v) is 10.0. The van der Waals surface area contributed by atoms with E-state index in [2.05, 4.69) is 0 Å². The third-order valence-corrected chi connectivity index (χ3v) is 3.38. The lowest BCUT2D eigenvalue weighted by molar-refractivity contribution is -0.137. The molecule has 0 aromatic heterocycles. The maximum absolute atomic E-state index is 13.5. The third kappa shape index (κ3) is 2.25. The van der Waals surface area contributed by atoms with Crippen molar-refractivity contribution in [3.8, 4) is 0 Å². The zero-order chi connectivity index (χ0) is 12.6. The van der Waals surface area contributed by atoms with Crippen molar-refractivity contribution in [1.29, 1.82) is 0 Å². The number of carboxylic acids is 1. The second-order valence-corrected chi connectivity index (χ2v) is 4.91. The van der Waals surface area contributed by atoms with E-state index in [1.807, 2.05) is 0 Å². The molecule has 3 nitrogen and oxygen atoms in total. The molecule has 1 saturated carbocycles. The van der Waals surface area contributed by atoms with E-state index in [-0.39, 0.29) is 17.7 Å². The third-order valence-electron chi connectivity index (χ3n) is 3.38. The molecule has 0 radical (unpaired) electrons. The fourth-order valence-corrected chi connectivity index (χ4v) is 2.19. The van der Waals surface area contributed by atoms with Crippen LogP contribution < -0.4 is 4.90 Å². The van der Waals surface area contributed by atoms with Crippen LogP contribution in [-0.4, -0.2) is 25.2 Å². The van der Waals surface area contributed by atoms with Gasteiger partial charge in [-0.25, -0.2) is 4.39 Å². The molecular weight excluding hydrogens is 221 g/mol. The molecule has 1 aromatic carbocycles. The average Bonchev–Trinajstić information content (AvgIpc) is 2.97. The van der Waals surface area contributed by atoms with Gasteiger partial charge in [0.15, 0.2) is 0 Å². The van der Waals surface area contributed by atoms with E-state index >= 15 is 0 Å². The van der Waals surface area contributed by atoms with E-state index in [0.717, 1.165) is 18.4 Å². The van der Waals surface area contributed by atoms with Gasteiger partial charge in [-0.3, -0.25) is 4.79 Å². The molecule has 4 heteroatoms. The van der Waals surface area contributed by atoms with E-state index in [1.54, 1.807) is 31.1 Å². The maximum atomic E-state index is 13.5. The Hall–Kier alpha value is -1.58. The smallest absolute Gasteiger partial charge is 0.304 e. The van der Waals surface area contributed by atoms with Gasteiger partial charge in [0.2, 0.25) is 0 Å². The fraction of sp³-hybridized carbons (Fsp3) is 0.462. The van der Waals surface area contributed by atoms with Crippen molar-refractivity contribution in [3.63, 3.8) is 0 Å². The molecule has 0 atom stereocenters. The number of nitrogens with zero attached hydrogens (tertiary/aromatic N) is 1. The highest BCUT2D eigenvalue weighted by atomic mass is 19.1. The lowest BCUT2D eigenvalue weighted by Gasteiger charge is -2.18. The summed E-state index contributed by atoms with van der Waals surface area (Å²) in [5.41, 5.74) is 1.19. The van der Waals surface area contributed by atoms with Crippen LogP contribution in [0.1, 0.15) is 24.8 Å². The van der Waals surface area contributed by atoms with Crippen LogP contribution in [0.5, 0.6) is 0 Å². The molecule has 0 saturated heterocycles. The summed E-state index contributed by atoms with van der Waals surface area (Å²) in [4.78, 5) is 12.5. The Morgan fingerprint density at radius 1 is 1.47 bits per heavy atom. The van der Waals surface area contributed by atoms with Gasteiger partial charge < -0.3 is 10.0 Å². The summed E-state index contributed by atoms with van der Waals surface area (Å²) in [7, 11) is 3.55. The monoisotopic (exact) mass is 237 g/mol. The maximum Gasteiger partial charge on any atom is 0.304 e. The SMILES string of the molecule is CN(C)c1cc(C2(CC(=O)O)CC2)ccc1F. The van der Waals surface area contributed by atoms with E-state index < -0.39 is 5.97 Å². The van der Waals surface area contributed by atoms with Crippen LogP contribution >= 0.6 is 0 Å². The van der Waals surface area contributed by atoms with Crippen molar-refractivity contribution < 1.29 is 14.3 Å². The van der Waals surface area contributed by atoms with E-state index in [0.29, 0.717) is 5.69 Å². The molecule has 0 bridgehead atoms. The average molecular weight is 237 g/mol. The number of carboxylic acid groups (broad SMARTS) is 1. The number of anilines is 1. The van der Waals surface area contributed by atoms with Crippen molar-refractivity contribution in [2.24, 2.45) is 0 Å². The van der Waals surface area contributed by atoms with Crippen LogP contribution in [0.15, 0.2) is 18.2 Å². The fourth-order valence-electron chi connectivity index (χ4n) is 2.19. The number of halogens is 1. The van der Waals surface area contributed by atoms with Gasteiger partial charge in [-0.15, -0.1) is 0 Å². The molecule has 0 aliphatic heterocycles. The van der Waals surface area contributed by atoms with Crippen LogP contribution in [0.25, 0.3) is 0 Å². The predicted octanol–water partition coefficient (Wildman–Crippen LogP) is 2.40. The quantitative estimate of drug-likeness (QED) is 0.874. The first kappa shape index (κ1) is 11.9. The molecule has 1 aliphatic rings. The van der Waals surface area contributed by atoms with Crippen molar-refractivity contribution in [1.82, 2.24) is 0 Å². The number of aliphatic carboxylic acids is 1. The molecule has 17 heavy (non-hydrogen) atoms. The van der Waals surface area contributed by atoms with E-state index in [9.17, 15) is 9.18 Å². The second kappa shape index (κ2) is 4.02. The van der Waals surface area contributed by atoms with Gasteiger partial charge in [0, 0.05) is 19.5 Å². The Balaban J connectivity index is 2.34. The minimum absolute atomic E-state index is 0.130. The highest BCUT2D eigenvalue weighted by Crippen LogP contribution is 2.51. The Morgan fingerprint density at radius 2 is 2.12 bits per heavy atom. The van der Waals surface area contributed by atoms with Gasteiger partial charge in [0.05, 0.1) is 12.1 Å². The molecule has 0 unspecified atom stereocenters. The predicted molar refractivity (Wildman–Crippen MR) is 63.9 cm³/mol. The minimum atomic E-state index is -0.793. The van der Waals surface area contributed by atoms with E-state index in [1.165, 1.54) is 6.07 Å². The Kier molecular flexibility index (Phi) is 2.81. The summed E-state index contributed by atoms with van der Waals surface area (Å²) in [6, 6.07) is 4.90. The van der Waals surface area contributed by atoms with Gasteiger partial charge >= 0.3 is 5.97 Å². The van der Waals surface area contributed by atoms with Crippen LogP contribution in [-0.2, 0) is 10.2 Å².